The predicted molar refractivity (Wildman–Crippen MR) is 77.6 cm³/mol. The summed E-state index contributed by atoms with van der Waals surface area (Å²) in [6, 6.07) is 0. The lowest BCUT2D eigenvalue weighted by Crippen LogP contribution is -1.92. The highest BCUT2D eigenvalue weighted by atomic mass is 16.4. The Balaban J connectivity index is 3.93. The lowest BCUT2D eigenvalue weighted by molar-refractivity contribution is -0.131. The van der Waals surface area contributed by atoms with E-state index in [1.807, 2.05) is 13.0 Å². The van der Waals surface area contributed by atoms with Crippen molar-refractivity contribution in [1.29, 1.82) is 0 Å². The maximum absolute atomic E-state index is 10.4. The maximum Gasteiger partial charge on any atom is 0.328 e. The van der Waals surface area contributed by atoms with Crippen molar-refractivity contribution in [3.05, 3.63) is 35.5 Å². The Bertz CT molecular complexity index is 335. The summed E-state index contributed by atoms with van der Waals surface area (Å²) in [6.45, 7) is 8.39. The Morgan fingerprint density at radius 2 is 2.00 bits per heavy atom. The summed E-state index contributed by atoms with van der Waals surface area (Å²) in [5, 5.41) is 8.57. The molecule has 1 unspecified atom stereocenters. The van der Waals surface area contributed by atoms with Crippen LogP contribution in [0.2, 0.25) is 0 Å². The summed E-state index contributed by atoms with van der Waals surface area (Å²) in [6.07, 6.45) is 12.0. The minimum atomic E-state index is -0.884. The molecule has 0 aliphatic carbocycles. The van der Waals surface area contributed by atoms with Gasteiger partial charge in [-0.25, -0.2) is 4.79 Å². The van der Waals surface area contributed by atoms with Crippen molar-refractivity contribution >= 4 is 5.97 Å². The predicted octanol–water partition coefficient (Wildman–Crippen LogP) is 4.74. The van der Waals surface area contributed by atoms with E-state index in [1.165, 1.54) is 18.1 Å². The zero-order valence-corrected chi connectivity index (χ0v) is 12.1. The minimum absolute atomic E-state index is 0.639. The summed E-state index contributed by atoms with van der Waals surface area (Å²) < 4.78 is 0. The average Bonchev–Trinajstić information content (AvgIpc) is 2.27. The third kappa shape index (κ3) is 9.88. The molecule has 0 saturated carbocycles. The number of carboxylic acid groups (broad SMARTS) is 1. The smallest absolute Gasteiger partial charge is 0.328 e. The molecular weight excluding hydrogens is 224 g/mol. The second-order valence-corrected chi connectivity index (χ2v) is 4.95. The molecule has 0 bridgehead atoms. The SMILES string of the molecule is CC/C(C)=C/CCC(C)C/C=C/C(C)=C/C(=O)O. The third-order valence-electron chi connectivity index (χ3n) is 2.98. The van der Waals surface area contributed by atoms with Gasteiger partial charge in [-0.05, 0) is 51.0 Å². The lowest BCUT2D eigenvalue weighted by Gasteiger charge is -2.06. The van der Waals surface area contributed by atoms with Crippen LogP contribution in [0.15, 0.2) is 35.5 Å². The molecule has 0 aliphatic heterocycles. The van der Waals surface area contributed by atoms with Crippen LogP contribution in [0.4, 0.5) is 0 Å². The monoisotopic (exact) mass is 250 g/mol. The number of carboxylic acids is 1. The molecule has 2 heteroatoms. The first kappa shape index (κ1) is 16.7. The van der Waals surface area contributed by atoms with Gasteiger partial charge in [-0.2, -0.15) is 0 Å². The number of hydrogen-bond donors (Lipinski definition) is 1. The van der Waals surface area contributed by atoms with Crippen LogP contribution < -0.4 is 0 Å². The second kappa shape index (κ2) is 9.69. The Kier molecular flexibility index (Phi) is 8.99. The normalized spacial score (nSPS) is 15.1. The van der Waals surface area contributed by atoms with Crippen molar-refractivity contribution in [3.63, 3.8) is 0 Å². The van der Waals surface area contributed by atoms with Crippen molar-refractivity contribution < 1.29 is 9.90 Å². The summed E-state index contributed by atoms with van der Waals surface area (Å²) in [7, 11) is 0. The van der Waals surface area contributed by atoms with Crippen LogP contribution in [0.25, 0.3) is 0 Å². The van der Waals surface area contributed by atoms with Gasteiger partial charge < -0.3 is 5.11 Å². The molecule has 0 saturated heterocycles. The number of aliphatic carboxylic acids is 1. The van der Waals surface area contributed by atoms with Crippen molar-refractivity contribution in [2.45, 2.75) is 53.4 Å². The van der Waals surface area contributed by atoms with E-state index in [9.17, 15) is 4.79 Å². The van der Waals surface area contributed by atoms with Crippen LogP contribution in [-0.4, -0.2) is 11.1 Å². The van der Waals surface area contributed by atoms with E-state index in [1.54, 1.807) is 0 Å². The quantitative estimate of drug-likeness (QED) is 0.384. The molecule has 0 fully saturated rings. The fourth-order valence-electron chi connectivity index (χ4n) is 1.61. The van der Waals surface area contributed by atoms with E-state index in [0.717, 1.165) is 24.8 Å². The summed E-state index contributed by atoms with van der Waals surface area (Å²) in [4.78, 5) is 10.4. The van der Waals surface area contributed by atoms with Crippen LogP contribution in [0, 0.1) is 5.92 Å². The van der Waals surface area contributed by atoms with Gasteiger partial charge in [-0.15, -0.1) is 0 Å². The molecule has 0 aromatic rings. The van der Waals surface area contributed by atoms with E-state index in [2.05, 4.69) is 32.9 Å². The third-order valence-corrected chi connectivity index (χ3v) is 2.98. The molecular formula is C16H26O2. The fraction of sp³-hybridized carbons (Fsp3) is 0.562. The van der Waals surface area contributed by atoms with Crippen molar-refractivity contribution in [2.24, 2.45) is 5.92 Å². The second-order valence-electron chi connectivity index (χ2n) is 4.95. The van der Waals surface area contributed by atoms with E-state index in [0.29, 0.717) is 5.92 Å². The lowest BCUT2D eigenvalue weighted by atomic mass is 10.00. The highest BCUT2D eigenvalue weighted by molar-refractivity contribution is 5.81. The van der Waals surface area contributed by atoms with Gasteiger partial charge in [0.15, 0.2) is 0 Å². The van der Waals surface area contributed by atoms with Gasteiger partial charge in [-0.1, -0.05) is 37.6 Å². The van der Waals surface area contributed by atoms with Crippen molar-refractivity contribution in [2.75, 3.05) is 0 Å². The molecule has 0 aromatic heterocycles. The molecule has 0 radical (unpaired) electrons. The van der Waals surface area contributed by atoms with Gasteiger partial charge in [0.2, 0.25) is 0 Å². The van der Waals surface area contributed by atoms with Crippen LogP contribution in [0.3, 0.4) is 0 Å². The topological polar surface area (TPSA) is 37.3 Å². The van der Waals surface area contributed by atoms with E-state index in [4.69, 9.17) is 5.11 Å². The van der Waals surface area contributed by atoms with Gasteiger partial charge in [-0.3, -0.25) is 0 Å². The molecule has 0 rings (SSSR count). The Morgan fingerprint density at radius 1 is 1.33 bits per heavy atom. The molecule has 18 heavy (non-hydrogen) atoms. The van der Waals surface area contributed by atoms with E-state index >= 15 is 0 Å². The van der Waals surface area contributed by atoms with Gasteiger partial charge in [0.25, 0.3) is 0 Å². The van der Waals surface area contributed by atoms with E-state index in [-0.39, 0.29) is 0 Å². The maximum atomic E-state index is 10.4. The summed E-state index contributed by atoms with van der Waals surface area (Å²) in [5.74, 6) is -0.245. The number of allylic oxidation sites excluding steroid dienone is 5. The number of carbonyl (C=O) groups is 1. The van der Waals surface area contributed by atoms with Gasteiger partial charge in [0.1, 0.15) is 0 Å². The largest absolute Gasteiger partial charge is 0.478 e. The molecule has 1 N–H and O–H groups in total. The molecule has 0 heterocycles. The van der Waals surface area contributed by atoms with Crippen LogP contribution in [-0.2, 0) is 4.79 Å². The van der Waals surface area contributed by atoms with E-state index < -0.39 is 5.97 Å². The standard InChI is InChI=1S/C16H26O2/c1-5-13(2)8-6-9-14(3)10-7-11-15(4)12-16(17)18/h7-8,11-12,14H,5-6,9-10H2,1-4H3,(H,17,18)/b11-7+,13-8+,15-12+. The van der Waals surface area contributed by atoms with Gasteiger partial charge in [0.05, 0.1) is 0 Å². The molecule has 1 atom stereocenters. The Morgan fingerprint density at radius 3 is 2.56 bits per heavy atom. The Hall–Kier alpha value is -1.31. The molecule has 0 aliphatic rings. The number of hydrogen-bond acceptors (Lipinski definition) is 1. The first-order valence-electron chi connectivity index (χ1n) is 6.69. The zero-order valence-electron chi connectivity index (χ0n) is 12.1. The van der Waals surface area contributed by atoms with Crippen LogP contribution in [0.5, 0.6) is 0 Å². The highest BCUT2D eigenvalue weighted by Crippen LogP contribution is 2.13. The molecule has 0 spiro atoms. The van der Waals surface area contributed by atoms with Crippen LogP contribution >= 0.6 is 0 Å². The zero-order chi connectivity index (χ0) is 14.0. The number of rotatable bonds is 8. The first-order valence-corrected chi connectivity index (χ1v) is 6.69. The first-order chi connectivity index (χ1) is 8.45. The Labute approximate surface area is 111 Å². The average molecular weight is 250 g/mol. The highest BCUT2D eigenvalue weighted by Gasteiger charge is 1.98. The molecule has 0 aromatic carbocycles. The van der Waals surface area contributed by atoms with Crippen molar-refractivity contribution in [1.82, 2.24) is 0 Å². The van der Waals surface area contributed by atoms with Crippen LogP contribution in [0.1, 0.15) is 53.4 Å². The van der Waals surface area contributed by atoms with Crippen molar-refractivity contribution in [3.8, 4) is 0 Å². The molecule has 2 nitrogen and oxygen atoms in total. The summed E-state index contributed by atoms with van der Waals surface area (Å²) >= 11 is 0. The fourth-order valence-corrected chi connectivity index (χ4v) is 1.61. The summed E-state index contributed by atoms with van der Waals surface area (Å²) in [5.41, 5.74) is 2.24. The van der Waals surface area contributed by atoms with Gasteiger partial charge in [0, 0.05) is 6.08 Å². The van der Waals surface area contributed by atoms with Gasteiger partial charge >= 0.3 is 5.97 Å². The molecule has 0 amide bonds. The minimum Gasteiger partial charge on any atom is -0.478 e. The molecule has 102 valence electrons.